The van der Waals surface area contributed by atoms with E-state index in [9.17, 15) is 4.79 Å². The number of aromatic nitrogens is 2. The Kier molecular flexibility index (Phi) is 12.8. The third-order valence-corrected chi connectivity index (χ3v) is 9.56. The number of methoxy groups -OCH3 is 4. The van der Waals surface area contributed by atoms with Gasteiger partial charge in [-0.2, -0.15) is 5.26 Å². The molecule has 4 aromatic rings. The first-order chi connectivity index (χ1) is 24.4. The maximum atomic E-state index is 13.8. The van der Waals surface area contributed by atoms with Crippen molar-refractivity contribution in [3.05, 3.63) is 71.8 Å². The summed E-state index contributed by atoms with van der Waals surface area (Å²) in [7, 11) is 8.16. The number of hydrogen-bond acceptors (Lipinski definition) is 9. The molecule has 11 nitrogen and oxygen atoms in total. The highest BCUT2D eigenvalue weighted by atomic mass is 16.5. The highest BCUT2D eigenvalue weighted by Crippen LogP contribution is 2.38. The van der Waals surface area contributed by atoms with Crippen LogP contribution in [0.1, 0.15) is 53.9 Å². The van der Waals surface area contributed by atoms with Crippen LogP contribution in [0.2, 0.25) is 0 Å². The van der Waals surface area contributed by atoms with Gasteiger partial charge in [-0.1, -0.05) is 24.3 Å². The number of fused-ring (bicyclic) bond motifs is 1. The zero-order valence-electron chi connectivity index (χ0n) is 30.1. The first kappa shape index (κ1) is 36.3. The second kappa shape index (κ2) is 17.6. The van der Waals surface area contributed by atoms with E-state index >= 15 is 0 Å². The molecule has 0 saturated carbocycles. The highest BCUT2D eigenvalue weighted by molar-refractivity contribution is 5.95. The molecule has 5 rings (SSSR count). The van der Waals surface area contributed by atoms with Gasteiger partial charge in [-0.25, -0.2) is 4.98 Å². The van der Waals surface area contributed by atoms with Crippen LogP contribution >= 0.6 is 0 Å². The molecule has 1 amide bonds. The first-order valence-electron chi connectivity index (χ1n) is 17.4. The number of nitriles is 1. The van der Waals surface area contributed by atoms with Gasteiger partial charge in [-0.05, 0) is 80.7 Å². The van der Waals surface area contributed by atoms with Crippen molar-refractivity contribution >= 4 is 22.9 Å². The molecular weight excluding hydrogens is 632 g/mol. The summed E-state index contributed by atoms with van der Waals surface area (Å²) < 4.78 is 24.2. The second-order valence-electron chi connectivity index (χ2n) is 12.7. The maximum Gasteiger partial charge on any atom is 0.253 e. The third kappa shape index (κ3) is 8.61. The van der Waals surface area contributed by atoms with E-state index in [4.69, 9.17) is 29.2 Å². The molecule has 1 aromatic heterocycles. The lowest BCUT2D eigenvalue weighted by molar-refractivity contribution is 0.0782. The van der Waals surface area contributed by atoms with E-state index in [1.165, 1.54) is 0 Å². The number of ether oxygens (including phenoxy) is 4. The number of amides is 1. The molecule has 0 aliphatic carbocycles. The number of anilines is 1. The molecule has 11 heteroatoms. The number of likely N-dealkylation sites (N-methyl/N-ethyl adjacent to an activating group) is 1. The zero-order valence-corrected chi connectivity index (χ0v) is 30.1. The molecular formula is C39H50N6O5. The molecule has 1 saturated heterocycles. The standard InChI is InChI=1S/C39H50N6O5/c1-42(38(46)31-26-35(48-3)37(50-5)36(27-31)49-4)28-30(29-14-16-32(47-2)17-15-29)18-23-43-20-11-21-44(25-24-43)39-41-33-12-7-8-13-34(33)45(39)22-10-6-9-19-40/h7-8,12-17,26-27,30H,6,9-11,18,20-25,28H2,1-5H3. The van der Waals surface area contributed by atoms with Gasteiger partial charge in [0.15, 0.2) is 11.5 Å². The van der Waals surface area contributed by atoms with Crippen molar-refractivity contribution in [3.63, 3.8) is 0 Å². The Morgan fingerprint density at radius 2 is 1.64 bits per heavy atom. The lowest BCUT2D eigenvalue weighted by Crippen LogP contribution is -2.35. The summed E-state index contributed by atoms with van der Waals surface area (Å²) in [6.45, 7) is 6.03. The number of nitrogens with zero attached hydrogens (tertiary/aromatic N) is 6. The van der Waals surface area contributed by atoms with Crippen molar-refractivity contribution in [3.8, 4) is 29.1 Å². The summed E-state index contributed by atoms with van der Waals surface area (Å²) >= 11 is 0. The molecule has 1 fully saturated rings. The van der Waals surface area contributed by atoms with Crippen LogP contribution in [0.4, 0.5) is 5.95 Å². The molecule has 1 unspecified atom stereocenters. The summed E-state index contributed by atoms with van der Waals surface area (Å²) in [5.41, 5.74) is 3.79. The fourth-order valence-electron chi connectivity index (χ4n) is 6.81. The normalized spacial score (nSPS) is 14.1. The summed E-state index contributed by atoms with van der Waals surface area (Å²) in [6.07, 6.45) is 4.33. The number of hydrogen-bond donors (Lipinski definition) is 0. The van der Waals surface area contributed by atoms with Crippen LogP contribution < -0.4 is 23.8 Å². The average Bonchev–Trinajstić information content (AvgIpc) is 3.35. The Hall–Kier alpha value is -4.95. The van der Waals surface area contributed by atoms with E-state index < -0.39 is 0 Å². The van der Waals surface area contributed by atoms with Crippen LogP contribution in [0, 0.1) is 11.3 Å². The van der Waals surface area contributed by atoms with Crippen molar-refractivity contribution in [2.75, 3.05) is 79.7 Å². The Morgan fingerprint density at radius 3 is 2.32 bits per heavy atom. The SMILES string of the molecule is COc1ccc(C(CCN2CCCN(c3nc4ccccc4n3CCCCC#N)CC2)CN(C)C(=O)c2cc(OC)c(OC)c(OC)c2)cc1. The van der Waals surface area contributed by atoms with Crippen LogP contribution in [0.3, 0.4) is 0 Å². The van der Waals surface area contributed by atoms with Crippen molar-refractivity contribution in [2.24, 2.45) is 0 Å². The Morgan fingerprint density at radius 1 is 0.900 bits per heavy atom. The Balaban J connectivity index is 1.28. The summed E-state index contributed by atoms with van der Waals surface area (Å²) in [4.78, 5) is 25.6. The number of carbonyl (C=O) groups excluding carboxylic acids is 1. The van der Waals surface area contributed by atoms with Crippen molar-refractivity contribution in [2.45, 2.75) is 44.6 Å². The molecule has 3 aromatic carbocycles. The zero-order chi connectivity index (χ0) is 35.5. The second-order valence-corrected chi connectivity index (χ2v) is 12.7. The molecule has 1 atom stereocenters. The predicted molar refractivity (Wildman–Crippen MR) is 196 cm³/mol. The third-order valence-electron chi connectivity index (χ3n) is 9.56. The monoisotopic (exact) mass is 682 g/mol. The molecule has 1 aliphatic heterocycles. The number of benzene rings is 3. The van der Waals surface area contributed by atoms with Gasteiger partial charge in [0.1, 0.15) is 5.75 Å². The molecule has 0 radical (unpaired) electrons. The largest absolute Gasteiger partial charge is 0.497 e. The minimum Gasteiger partial charge on any atom is -0.497 e. The van der Waals surface area contributed by atoms with Crippen LogP contribution in [0.5, 0.6) is 23.0 Å². The lowest BCUT2D eigenvalue weighted by Gasteiger charge is -2.28. The Labute approximate surface area is 295 Å². The molecule has 2 heterocycles. The number of aryl methyl sites for hydroxylation is 1. The van der Waals surface area contributed by atoms with Crippen LogP contribution in [-0.4, -0.2) is 100 Å². The van der Waals surface area contributed by atoms with Crippen molar-refractivity contribution < 1.29 is 23.7 Å². The average molecular weight is 683 g/mol. The number of imidazole rings is 1. The fraction of sp³-hybridized carbons (Fsp3) is 0.462. The van der Waals surface area contributed by atoms with Gasteiger partial charge in [-0.15, -0.1) is 0 Å². The van der Waals surface area contributed by atoms with Crippen LogP contribution in [-0.2, 0) is 6.54 Å². The number of carbonyl (C=O) groups is 1. The highest BCUT2D eigenvalue weighted by Gasteiger charge is 2.25. The topological polar surface area (TPSA) is 105 Å². The van der Waals surface area contributed by atoms with E-state index in [1.54, 1.807) is 45.5 Å². The van der Waals surface area contributed by atoms with Gasteiger partial charge in [-0.3, -0.25) is 4.79 Å². The predicted octanol–water partition coefficient (Wildman–Crippen LogP) is 6.22. The number of para-hydroxylation sites is 2. The van der Waals surface area contributed by atoms with E-state index in [-0.39, 0.29) is 11.8 Å². The maximum absolute atomic E-state index is 13.8. The summed E-state index contributed by atoms with van der Waals surface area (Å²) in [5, 5.41) is 9.02. The van der Waals surface area contributed by atoms with Crippen LogP contribution in [0.25, 0.3) is 11.0 Å². The fourth-order valence-corrected chi connectivity index (χ4v) is 6.81. The Bertz CT molecular complexity index is 1730. The molecule has 0 spiro atoms. The van der Waals surface area contributed by atoms with Gasteiger partial charge < -0.3 is 38.2 Å². The quantitative estimate of drug-likeness (QED) is 0.127. The smallest absolute Gasteiger partial charge is 0.253 e. The van der Waals surface area contributed by atoms with Gasteiger partial charge in [0.2, 0.25) is 11.7 Å². The number of unbranched alkanes of at least 4 members (excludes halogenated alkanes) is 2. The van der Waals surface area contributed by atoms with E-state index in [0.29, 0.717) is 35.8 Å². The molecule has 0 bridgehead atoms. The van der Waals surface area contributed by atoms with Gasteiger partial charge >= 0.3 is 0 Å². The van der Waals surface area contributed by atoms with Gasteiger partial charge in [0.25, 0.3) is 5.91 Å². The van der Waals surface area contributed by atoms with E-state index in [2.05, 4.69) is 50.8 Å². The summed E-state index contributed by atoms with van der Waals surface area (Å²) in [6, 6.07) is 22.2. The minimum atomic E-state index is -0.122. The lowest BCUT2D eigenvalue weighted by atomic mass is 9.94. The summed E-state index contributed by atoms with van der Waals surface area (Å²) in [5.74, 6) is 3.15. The molecule has 0 N–H and O–H groups in total. The van der Waals surface area contributed by atoms with Crippen molar-refractivity contribution in [1.82, 2.24) is 19.4 Å². The molecule has 50 heavy (non-hydrogen) atoms. The van der Waals surface area contributed by atoms with E-state index in [0.717, 1.165) is 93.2 Å². The number of rotatable bonds is 16. The van der Waals surface area contributed by atoms with Gasteiger partial charge in [0.05, 0.1) is 45.5 Å². The van der Waals surface area contributed by atoms with E-state index in [1.807, 2.05) is 25.2 Å². The van der Waals surface area contributed by atoms with Crippen molar-refractivity contribution in [1.29, 1.82) is 5.26 Å². The van der Waals surface area contributed by atoms with Crippen LogP contribution in [0.15, 0.2) is 60.7 Å². The minimum absolute atomic E-state index is 0.105. The molecule has 266 valence electrons. The molecule has 1 aliphatic rings. The van der Waals surface area contributed by atoms with Gasteiger partial charge in [0, 0.05) is 57.7 Å². The first-order valence-corrected chi connectivity index (χ1v) is 17.4.